The molecule has 0 fully saturated rings. The Balaban J connectivity index is 1.74. The summed E-state index contributed by atoms with van der Waals surface area (Å²) >= 11 is 0. The van der Waals surface area contributed by atoms with Crippen molar-refractivity contribution in [1.82, 2.24) is 24.8 Å². The Kier molecular flexibility index (Phi) is 3.31. The van der Waals surface area contributed by atoms with Crippen LogP contribution in [0.1, 0.15) is 5.82 Å². The average molecular weight is 307 g/mol. The van der Waals surface area contributed by atoms with Crippen LogP contribution in [0.2, 0.25) is 0 Å². The molecule has 0 radical (unpaired) electrons. The van der Waals surface area contributed by atoms with Crippen molar-refractivity contribution in [2.45, 2.75) is 26.1 Å². The number of hydrogen-bond acceptors (Lipinski definition) is 4. The van der Waals surface area contributed by atoms with Crippen molar-refractivity contribution >= 4 is 21.8 Å². The molecule has 0 spiro atoms. The van der Waals surface area contributed by atoms with Crippen molar-refractivity contribution in [1.29, 1.82) is 0 Å². The van der Waals surface area contributed by atoms with E-state index in [1.165, 1.54) is 10.8 Å². The van der Waals surface area contributed by atoms with Gasteiger partial charge in [-0.05, 0) is 29.5 Å². The van der Waals surface area contributed by atoms with E-state index >= 15 is 0 Å². The van der Waals surface area contributed by atoms with Crippen LogP contribution in [-0.2, 0) is 13.1 Å². The lowest BCUT2D eigenvalue weighted by Gasteiger charge is -2.14. The van der Waals surface area contributed by atoms with E-state index < -0.39 is 6.10 Å². The van der Waals surface area contributed by atoms with E-state index in [4.69, 9.17) is 0 Å². The molecule has 116 valence electrons. The highest BCUT2D eigenvalue weighted by atomic mass is 16.3. The molecule has 0 saturated carbocycles. The number of nitrogens with zero attached hydrogens (tertiary/aromatic N) is 5. The Labute approximate surface area is 133 Å². The van der Waals surface area contributed by atoms with E-state index in [0.29, 0.717) is 18.9 Å². The zero-order valence-electron chi connectivity index (χ0n) is 12.8. The molecule has 2 aromatic heterocycles. The molecule has 4 rings (SSSR count). The number of aliphatic hydroxyl groups excluding tert-OH is 1. The fourth-order valence-electron chi connectivity index (χ4n) is 3.09. The van der Waals surface area contributed by atoms with Crippen LogP contribution in [0.5, 0.6) is 0 Å². The number of rotatable bonds is 4. The standard InChI is InChI=1S/C17H17N5O/c1-12-18-19-20-22(12)11-13(23)10-21-16-8-4-2-6-14(16)15-7-3-5-9-17(15)21/h2-9,13,23H,10-11H2,1H3. The average Bonchev–Trinajstić information content (AvgIpc) is 3.11. The van der Waals surface area contributed by atoms with Crippen molar-refractivity contribution < 1.29 is 5.11 Å². The zero-order valence-corrected chi connectivity index (χ0v) is 12.8. The first-order valence-electron chi connectivity index (χ1n) is 7.61. The van der Waals surface area contributed by atoms with Gasteiger partial charge in [-0.3, -0.25) is 0 Å². The first kappa shape index (κ1) is 13.9. The Morgan fingerprint density at radius 1 is 0.957 bits per heavy atom. The summed E-state index contributed by atoms with van der Waals surface area (Å²) in [7, 11) is 0. The van der Waals surface area contributed by atoms with Gasteiger partial charge in [0.1, 0.15) is 5.82 Å². The summed E-state index contributed by atoms with van der Waals surface area (Å²) in [5, 5.41) is 24.3. The highest BCUT2D eigenvalue weighted by Crippen LogP contribution is 2.28. The second-order valence-corrected chi connectivity index (χ2v) is 5.71. The largest absolute Gasteiger partial charge is 0.389 e. The minimum atomic E-state index is -0.573. The predicted octanol–water partition coefficient (Wildman–Crippen LogP) is 2.15. The minimum absolute atomic E-state index is 0.375. The van der Waals surface area contributed by atoms with Crippen molar-refractivity contribution in [3.8, 4) is 0 Å². The predicted molar refractivity (Wildman–Crippen MR) is 88.0 cm³/mol. The molecule has 6 nitrogen and oxygen atoms in total. The Bertz CT molecular complexity index is 918. The smallest absolute Gasteiger partial charge is 0.148 e. The number of hydrogen-bond donors (Lipinski definition) is 1. The first-order chi connectivity index (χ1) is 11.2. The van der Waals surface area contributed by atoms with Gasteiger partial charge in [0.05, 0.1) is 19.2 Å². The summed E-state index contributed by atoms with van der Waals surface area (Å²) in [6.07, 6.45) is -0.573. The minimum Gasteiger partial charge on any atom is -0.389 e. The van der Waals surface area contributed by atoms with E-state index in [2.05, 4.69) is 44.4 Å². The molecular formula is C17H17N5O. The van der Waals surface area contributed by atoms with E-state index in [1.54, 1.807) is 4.68 Å². The molecule has 0 aliphatic heterocycles. The second kappa shape index (κ2) is 5.48. The van der Waals surface area contributed by atoms with E-state index in [-0.39, 0.29) is 0 Å². The van der Waals surface area contributed by atoms with Gasteiger partial charge in [-0.25, -0.2) is 4.68 Å². The van der Waals surface area contributed by atoms with Crippen LogP contribution in [0.3, 0.4) is 0 Å². The van der Waals surface area contributed by atoms with Gasteiger partial charge in [-0.1, -0.05) is 36.4 Å². The molecule has 0 amide bonds. The topological polar surface area (TPSA) is 68.8 Å². The third-order valence-corrected chi connectivity index (χ3v) is 4.17. The lowest BCUT2D eigenvalue weighted by molar-refractivity contribution is 0.131. The van der Waals surface area contributed by atoms with Crippen LogP contribution in [0.15, 0.2) is 48.5 Å². The van der Waals surface area contributed by atoms with E-state index in [1.807, 2.05) is 31.2 Å². The Morgan fingerprint density at radius 3 is 2.13 bits per heavy atom. The summed E-state index contributed by atoms with van der Waals surface area (Å²) in [5.74, 6) is 0.700. The van der Waals surface area contributed by atoms with Crippen LogP contribution in [0, 0.1) is 6.92 Å². The molecule has 0 aliphatic rings. The third-order valence-electron chi connectivity index (χ3n) is 4.17. The van der Waals surface area contributed by atoms with Gasteiger partial charge in [0.15, 0.2) is 0 Å². The SMILES string of the molecule is Cc1nnnn1CC(O)Cn1c2ccccc2c2ccccc21. The summed E-state index contributed by atoms with van der Waals surface area (Å²) in [6, 6.07) is 16.5. The maximum Gasteiger partial charge on any atom is 0.148 e. The van der Waals surface area contributed by atoms with Crippen LogP contribution >= 0.6 is 0 Å². The molecule has 2 aromatic carbocycles. The second-order valence-electron chi connectivity index (χ2n) is 5.71. The molecule has 0 saturated heterocycles. The number of tetrazole rings is 1. The van der Waals surface area contributed by atoms with Crippen LogP contribution in [0.25, 0.3) is 21.8 Å². The lowest BCUT2D eigenvalue weighted by Crippen LogP contribution is -2.23. The molecule has 2 heterocycles. The fourth-order valence-corrected chi connectivity index (χ4v) is 3.09. The van der Waals surface area contributed by atoms with Crippen LogP contribution < -0.4 is 0 Å². The van der Waals surface area contributed by atoms with Gasteiger partial charge in [0.25, 0.3) is 0 Å². The molecule has 23 heavy (non-hydrogen) atoms. The van der Waals surface area contributed by atoms with Crippen molar-refractivity contribution in [3.05, 3.63) is 54.4 Å². The normalized spacial score (nSPS) is 13.0. The fraction of sp³-hybridized carbons (Fsp3) is 0.235. The highest BCUT2D eigenvalue weighted by molar-refractivity contribution is 6.07. The molecule has 1 atom stereocenters. The number of fused-ring (bicyclic) bond motifs is 3. The summed E-state index contributed by atoms with van der Waals surface area (Å²) in [6.45, 7) is 2.69. The summed E-state index contributed by atoms with van der Waals surface area (Å²) in [4.78, 5) is 0. The van der Waals surface area contributed by atoms with Crippen molar-refractivity contribution in [3.63, 3.8) is 0 Å². The van der Waals surface area contributed by atoms with Gasteiger partial charge in [0, 0.05) is 21.8 Å². The quantitative estimate of drug-likeness (QED) is 0.627. The number of aryl methyl sites for hydroxylation is 1. The van der Waals surface area contributed by atoms with Crippen LogP contribution in [0.4, 0.5) is 0 Å². The summed E-state index contributed by atoms with van der Waals surface area (Å²) < 4.78 is 3.79. The molecule has 1 N–H and O–H groups in total. The number of aromatic nitrogens is 5. The van der Waals surface area contributed by atoms with Gasteiger partial charge in [-0.2, -0.15) is 0 Å². The number of aliphatic hydroxyl groups is 1. The molecule has 6 heteroatoms. The third kappa shape index (κ3) is 2.37. The van der Waals surface area contributed by atoms with Crippen LogP contribution in [-0.4, -0.2) is 36.0 Å². The highest BCUT2D eigenvalue weighted by Gasteiger charge is 2.14. The van der Waals surface area contributed by atoms with Gasteiger partial charge < -0.3 is 9.67 Å². The maximum atomic E-state index is 10.5. The zero-order chi connectivity index (χ0) is 15.8. The van der Waals surface area contributed by atoms with E-state index in [9.17, 15) is 5.11 Å². The monoisotopic (exact) mass is 307 g/mol. The summed E-state index contributed by atoms with van der Waals surface area (Å²) in [5.41, 5.74) is 2.25. The number of benzene rings is 2. The number of para-hydroxylation sites is 2. The molecule has 1 unspecified atom stereocenters. The lowest BCUT2D eigenvalue weighted by atomic mass is 10.2. The maximum absolute atomic E-state index is 10.5. The Hall–Kier alpha value is -2.73. The molecular weight excluding hydrogens is 290 g/mol. The van der Waals surface area contributed by atoms with Gasteiger partial charge >= 0.3 is 0 Å². The van der Waals surface area contributed by atoms with Crippen molar-refractivity contribution in [2.24, 2.45) is 0 Å². The van der Waals surface area contributed by atoms with Gasteiger partial charge in [-0.15, -0.1) is 5.10 Å². The molecule has 0 aliphatic carbocycles. The van der Waals surface area contributed by atoms with Crippen molar-refractivity contribution in [2.75, 3.05) is 0 Å². The molecule has 0 bridgehead atoms. The first-order valence-corrected chi connectivity index (χ1v) is 7.61. The molecule has 4 aromatic rings. The van der Waals surface area contributed by atoms with Gasteiger partial charge in [0.2, 0.25) is 0 Å². The Morgan fingerprint density at radius 2 is 1.57 bits per heavy atom. The van der Waals surface area contributed by atoms with E-state index in [0.717, 1.165) is 11.0 Å².